The van der Waals surface area contributed by atoms with Gasteiger partial charge >= 0.3 is 0 Å². The van der Waals surface area contributed by atoms with E-state index in [1.54, 1.807) is 13.1 Å². The van der Waals surface area contributed by atoms with Crippen molar-refractivity contribution in [3.8, 4) is 0 Å². The predicted molar refractivity (Wildman–Crippen MR) is 166 cm³/mol. The number of rotatable bonds is 11. The van der Waals surface area contributed by atoms with Crippen LogP contribution in [0.4, 0.5) is 13.2 Å². The standard InChI is InChI=1S/C31H40F3N7O3S/c1-20(42)31-30(24-17-23(32)5-6-28(24)38-31)27(35)19-40(36)18-21-7-12-39(13-8-21)16-11-37-45(43,44)41-14-9-22(10-15-41)29-25(33)3-2-4-26(29)34/h2-4,17,19-22,37-38,42H,7-16,18,35-36H2,1H3/b27-19-. The van der Waals surface area contributed by atoms with Crippen LogP contribution < -0.4 is 26.9 Å². The number of aliphatic hydroxyl groups excluding tert-OH is 1. The van der Waals surface area contributed by atoms with E-state index >= 15 is 0 Å². The number of aromatic amines is 1. The smallest absolute Gasteiger partial charge is 0.279 e. The van der Waals surface area contributed by atoms with Gasteiger partial charge in [-0.3, -0.25) is 0 Å². The van der Waals surface area contributed by atoms with Gasteiger partial charge < -0.3 is 25.7 Å². The molecule has 0 saturated carbocycles. The highest BCUT2D eigenvalue weighted by Gasteiger charge is 2.31. The Balaban J connectivity index is 1.07. The molecule has 244 valence electrons. The van der Waals surface area contributed by atoms with Gasteiger partial charge in [-0.25, -0.2) is 19.3 Å². The summed E-state index contributed by atoms with van der Waals surface area (Å²) in [5.74, 6) is 4.44. The summed E-state index contributed by atoms with van der Waals surface area (Å²) in [6.45, 7) is 4.87. The zero-order valence-electron chi connectivity index (χ0n) is 25.2. The Kier molecular flexibility index (Phi) is 10.3. The largest absolute Gasteiger partial charge is 0.397 e. The van der Waals surface area contributed by atoms with Gasteiger partial charge in [-0.05, 0) is 87.2 Å². The number of hydrogen-bond donors (Lipinski definition) is 5. The third-order valence-electron chi connectivity index (χ3n) is 8.75. The SMILES string of the molecule is CC(O)c1[nH]c2c(c1/C(N)=C/N(N)CC1CCN(CCNS(=O)(=O)N3CCC(c4c(F)cccc4F)CC3)CC1)=CC(F)=C=C=2. The van der Waals surface area contributed by atoms with Crippen molar-refractivity contribution in [1.29, 1.82) is 0 Å². The lowest BCUT2D eigenvalue weighted by atomic mass is 9.89. The summed E-state index contributed by atoms with van der Waals surface area (Å²) >= 11 is 0. The van der Waals surface area contributed by atoms with Crippen LogP contribution in [0.5, 0.6) is 0 Å². The number of aliphatic hydroxyl groups is 1. The highest BCUT2D eigenvalue weighted by Crippen LogP contribution is 2.32. The van der Waals surface area contributed by atoms with Gasteiger partial charge in [0.25, 0.3) is 10.2 Å². The molecule has 2 saturated heterocycles. The fourth-order valence-corrected chi connectivity index (χ4v) is 7.61. The zero-order chi connectivity index (χ0) is 32.3. The molecule has 3 aliphatic rings. The van der Waals surface area contributed by atoms with Gasteiger partial charge in [0.15, 0.2) is 5.83 Å². The van der Waals surface area contributed by atoms with E-state index in [0.29, 0.717) is 47.8 Å². The van der Waals surface area contributed by atoms with Crippen LogP contribution in [-0.4, -0.2) is 78.5 Å². The predicted octanol–water partition coefficient (Wildman–Crippen LogP) is 1.39. The first-order valence-corrected chi connectivity index (χ1v) is 16.6. The molecule has 2 aromatic rings. The van der Waals surface area contributed by atoms with E-state index in [2.05, 4.69) is 26.1 Å². The number of nitrogens with zero attached hydrogens (tertiary/aromatic N) is 3. The number of likely N-dealkylation sites (tertiary alicyclic amines) is 1. The van der Waals surface area contributed by atoms with Crippen molar-refractivity contribution in [2.45, 2.75) is 44.6 Å². The van der Waals surface area contributed by atoms with Crippen molar-refractivity contribution in [2.75, 3.05) is 45.8 Å². The van der Waals surface area contributed by atoms with Gasteiger partial charge in [0.05, 0.1) is 22.8 Å². The summed E-state index contributed by atoms with van der Waals surface area (Å²) in [6, 6.07) is 3.79. The Bertz CT molecular complexity index is 1710. The second-order valence-electron chi connectivity index (χ2n) is 11.9. The first-order chi connectivity index (χ1) is 21.4. The fourth-order valence-electron chi connectivity index (χ4n) is 6.38. The van der Waals surface area contributed by atoms with Gasteiger partial charge in [-0.15, -0.1) is 0 Å². The first-order valence-electron chi connectivity index (χ1n) is 15.2. The quantitative estimate of drug-likeness (QED) is 0.141. The van der Waals surface area contributed by atoms with Crippen LogP contribution in [-0.2, 0) is 10.2 Å². The molecule has 1 aliphatic carbocycles. The minimum Gasteiger partial charge on any atom is -0.397 e. The summed E-state index contributed by atoms with van der Waals surface area (Å²) in [5.41, 5.74) is 12.7. The normalized spacial score (nSPS) is 19.5. The Morgan fingerprint density at radius 2 is 1.82 bits per heavy atom. The van der Waals surface area contributed by atoms with Crippen LogP contribution in [0.2, 0.25) is 0 Å². The van der Waals surface area contributed by atoms with Gasteiger partial charge in [0, 0.05) is 55.3 Å². The summed E-state index contributed by atoms with van der Waals surface area (Å²) in [5, 5.41) is 12.7. The monoisotopic (exact) mass is 647 g/mol. The average molecular weight is 648 g/mol. The minimum absolute atomic E-state index is 0.0391. The maximum Gasteiger partial charge on any atom is 0.279 e. The van der Waals surface area contributed by atoms with Gasteiger partial charge in [-0.2, -0.15) is 17.1 Å². The molecule has 0 bridgehead atoms. The van der Waals surface area contributed by atoms with E-state index in [1.165, 1.54) is 33.6 Å². The molecule has 45 heavy (non-hydrogen) atoms. The zero-order valence-corrected chi connectivity index (χ0v) is 26.0. The minimum atomic E-state index is -3.71. The van der Waals surface area contributed by atoms with E-state index in [0.717, 1.165) is 25.9 Å². The molecule has 0 amide bonds. The molecular formula is C31H40F3N7O3S. The molecule has 1 aromatic heterocycles. The number of halogens is 3. The Morgan fingerprint density at radius 1 is 1.16 bits per heavy atom. The molecular weight excluding hydrogens is 607 g/mol. The lowest BCUT2D eigenvalue weighted by Gasteiger charge is -2.34. The van der Waals surface area contributed by atoms with Crippen LogP contribution in [0.15, 0.2) is 36.0 Å². The molecule has 7 N–H and O–H groups in total. The number of piperidine rings is 2. The van der Waals surface area contributed by atoms with E-state index in [4.69, 9.17) is 11.6 Å². The lowest BCUT2D eigenvalue weighted by Crippen LogP contribution is -2.47. The highest BCUT2D eigenvalue weighted by molar-refractivity contribution is 7.87. The number of benzene rings is 1. The van der Waals surface area contributed by atoms with Crippen LogP contribution in [0.3, 0.4) is 0 Å². The number of allylic oxidation sites excluding steroid dienone is 1. The second kappa shape index (κ2) is 14.0. The Hall–Kier alpha value is -3.32. The molecule has 1 aromatic carbocycles. The average Bonchev–Trinajstić information content (AvgIpc) is 3.37. The molecule has 2 aliphatic heterocycles. The number of nitrogens with one attached hydrogen (secondary N) is 2. The number of nitrogens with two attached hydrogens (primary N) is 2. The number of aromatic nitrogens is 1. The first kappa shape index (κ1) is 33.1. The van der Waals surface area contributed by atoms with Crippen LogP contribution in [0.1, 0.15) is 61.4 Å². The number of fused-ring (bicyclic) bond motifs is 1. The number of hydrogen-bond acceptors (Lipinski definition) is 7. The third kappa shape index (κ3) is 7.74. The maximum absolute atomic E-state index is 14.2. The van der Waals surface area contributed by atoms with Crippen LogP contribution >= 0.6 is 0 Å². The molecule has 0 spiro atoms. The maximum atomic E-state index is 14.2. The number of hydrazine groups is 1. The van der Waals surface area contributed by atoms with Gasteiger partial charge in [0.1, 0.15) is 11.6 Å². The summed E-state index contributed by atoms with van der Waals surface area (Å²) in [4.78, 5) is 5.22. The van der Waals surface area contributed by atoms with E-state index < -0.39 is 33.8 Å². The van der Waals surface area contributed by atoms with Crippen molar-refractivity contribution in [3.05, 3.63) is 75.0 Å². The van der Waals surface area contributed by atoms with Gasteiger partial charge in [-0.1, -0.05) is 6.07 Å². The van der Waals surface area contributed by atoms with Crippen molar-refractivity contribution >= 4 is 27.7 Å². The molecule has 1 atom stereocenters. The molecule has 14 heteroatoms. The van der Waals surface area contributed by atoms with E-state index in [9.17, 15) is 26.7 Å². The molecule has 5 rings (SSSR count). The van der Waals surface area contributed by atoms with Crippen molar-refractivity contribution in [1.82, 2.24) is 23.9 Å². The Morgan fingerprint density at radius 3 is 2.47 bits per heavy atom. The van der Waals surface area contributed by atoms with E-state index in [-0.39, 0.29) is 42.7 Å². The lowest BCUT2D eigenvalue weighted by molar-refractivity contribution is 0.163. The summed E-state index contributed by atoms with van der Waals surface area (Å²) in [7, 11) is -3.71. The summed E-state index contributed by atoms with van der Waals surface area (Å²) in [6.07, 6.45) is 4.42. The molecule has 3 heterocycles. The summed E-state index contributed by atoms with van der Waals surface area (Å²) < 4.78 is 72.0. The molecule has 10 nitrogen and oxygen atoms in total. The van der Waals surface area contributed by atoms with Crippen molar-refractivity contribution in [3.63, 3.8) is 0 Å². The highest BCUT2D eigenvalue weighted by atomic mass is 32.2. The van der Waals surface area contributed by atoms with Crippen LogP contribution in [0.25, 0.3) is 17.5 Å². The fraction of sp³-hybridized carbons (Fsp3) is 0.484. The second-order valence-corrected chi connectivity index (χ2v) is 13.7. The number of H-pyrrole nitrogens is 1. The molecule has 2 fully saturated rings. The third-order valence-corrected chi connectivity index (χ3v) is 10.4. The molecule has 0 radical (unpaired) electrons. The Labute approximate surface area is 261 Å². The van der Waals surface area contributed by atoms with Crippen molar-refractivity contribution < 1.29 is 26.7 Å². The van der Waals surface area contributed by atoms with Gasteiger partial charge in [0.2, 0.25) is 0 Å². The van der Waals surface area contributed by atoms with Crippen molar-refractivity contribution in [2.24, 2.45) is 17.5 Å². The van der Waals surface area contributed by atoms with Crippen LogP contribution in [0, 0.1) is 17.6 Å². The van der Waals surface area contributed by atoms with E-state index in [1.807, 2.05) is 0 Å². The topological polar surface area (TPSA) is 144 Å². The molecule has 1 unspecified atom stereocenters.